The number of hydrogen-bond acceptors (Lipinski definition) is 0. The van der Waals surface area contributed by atoms with E-state index in [0.717, 1.165) is 25.7 Å². The van der Waals surface area contributed by atoms with Crippen LogP contribution < -0.4 is 35.3 Å². The van der Waals surface area contributed by atoms with Crippen LogP contribution in [0.25, 0.3) is 8.85 Å². The molecule has 0 nitrogen and oxygen atoms in total. The number of allylic oxidation sites excluding steroid dienone is 8. The van der Waals surface area contributed by atoms with Crippen molar-refractivity contribution >= 4 is 12.1 Å². The van der Waals surface area contributed by atoms with Gasteiger partial charge in [-0.15, -0.1) is 0 Å². The van der Waals surface area contributed by atoms with Crippen LogP contribution in [0.4, 0.5) is 0 Å². The minimum atomic E-state index is -1.24. The van der Waals surface area contributed by atoms with E-state index in [0.29, 0.717) is 0 Å². The maximum atomic E-state index is 2.55. The Bertz CT molecular complexity index is 1620. The molecule has 3 heteroatoms. The molecule has 0 radical (unpaired) electrons. The Morgan fingerprint density at radius 3 is 2.00 bits per heavy atom. The van der Waals surface area contributed by atoms with Crippen molar-refractivity contribution in [3.05, 3.63) is 153 Å². The molecule has 0 spiro atoms. The molecule has 0 N–H and O–H groups in total. The van der Waals surface area contributed by atoms with Gasteiger partial charge in [-0.1, -0.05) is 0 Å². The van der Waals surface area contributed by atoms with Gasteiger partial charge in [0.1, 0.15) is 0 Å². The van der Waals surface area contributed by atoms with Crippen LogP contribution in [0.15, 0.2) is 126 Å². The number of halogens is 2. The molecule has 0 amide bonds. The van der Waals surface area contributed by atoms with E-state index >= 15 is 0 Å². The van der Waals surface area contributed by atoms with E-state index < -0.39 is 22.8 Å². The van der Waals surface area contributed by atoms with E-state index in [4.69, 9.17) is 0 Å². The Balaban J connectivity index is 0.00000185. The van der Waals surface area contributed by atoms with Gasteiger partial charge in [-0.25, -0.2) is 0 Å². The zero-order valence-corrected chi connectivity index (χ0v) is 27.4. The van der Waals surface area contributed by atoms with Crippen LogP contribution in [-0.4, -0.2) is 3.21 Å². The van der Waals surface area contributed by atoms with Crippen LogP contribution in [0, 0.1) is 5.41 Å². The molecule has 3 aliphatic carbocycles. The first-order chi connectivity index (χ1) is 18.7. The fourth-order valence-electron chi connectivity index (χ4n) is 6.39. The Hall–Kier alpha value is -2.31. The maximum Gasteiger partial charge on any atom is -1.00 e. The molecule has 0 saturated heterocycles. The van der Waals surface area contributed by atoms with Crippen LogP contribution in [0.2, 0.25) is 0 Å². The van der Waals surface area contributed by atoms with Crippen molar-refractivity contribution in [1.82, 2.24) is 0 Å². The molecule has 0 fully saturated rings. The molecule has 6 rings (SSSR count). The average molecular weight is 642 g/mol. The summed E-state index contributed by atoms with van der Waals surface area (Å²) in [6.45, 7) is 7.04. The molecule has 0 atom stereocenters. The van der Waals surface area contributed by atoms with Crippen molar-refractivity contribution < 1.29 is 47.6 Å². The van der Waals surface area contributed by atoms with E-state index in [1.165, 1.54) is 38.3 Å². The molecule has 3 aromatic rings. The normalized spacial score (nSPS) is 16.0. The molecular weight excluding hydrogens is 607 g/mol. The summed E-state index contributed by atoms with van der Waals surface area (Å²) < 4.78 is 3.23. The summed E-state index contributed by atoms with van der Waals surface area (Å²) in [6, 6.07) is 29.6. The number of benzene rings is 3. The van der Waals surface area contributed by atoms with E-state index in [1.54, 1.807) is 17.6 Å². The molecule has 201 valence electrons. The third-order valence-electron chi connectivity index (χ3n) is 8.62. The largest absolute Gasteiger partial charge is 1.00 e. The summed E-state index contributed by atoms with van der Waals surface area (Å²) >= 11 is -1.24. The van der Waals surface area contributed by atoms with E-state index in [2.05, 4.69) is 130 Å². The van der Waals surface area contributed by atoms with Gasteiger partial charge in [-0.05, 0) is 0 Å². The number of rotatable bonds is 7. The molecule has 0 bridgehead atoms. The van der Waals surface area contributed by atoms with Crippen LogP contribution in [0.1, 0.15) is 56.7 Å². The minimum absolute atomic E-state index is 0. The Kier molecular flexibility index (Phi) is 10.1. The molecule has 3 aromatic carbocycles. The molecule has 0 aromatic heterocycles. The van der Waals surface area contributed by atoms with Gasteiger partial charge in [0.2, 0.25) is 0 Å². The van der Waals surface area contributed by atoms with Gasteiger partial charge in [0.05, 0.1) is 0 Å². The second-order valence-corrected chi connectivity index (χ2v) is 13.6. The van der Waals surface area contributed by atoms with Gasteiger partial charge >= 0.3 is 240 Å². The Morgan fingerprint density at radius 1 is 0.800 bits per heavy atom. The predicted octanol–water partition coefficient (Wildman–Crippen LogP) is 1.44. The zero-order chi connectivity index (χ0) is 26.1. The fourth-order valence-corrected chi connectivity index (χ4v) is 10.3. The monoisotopic (exact) mass is 639 g/mol. The van der Waals surface area contributed by atoms with Gasteiger partial charge in [-0.2, -0.15) is 0 Å². The minimum Gasteiger partial charge on any atom is -1.00 e. The molecule has 0 aliphatic heterocycles. The zero-order valence-electron chi connectivity index (χ0n) is 23.5. The molecule has 0 unspecified atom stereocenters. The van der Waals surface area contributed by atoms with Crippen LogP contribution in [-0.2, 0) is 29.2 Å². The molecular formula is C37H35Cl2Zr. The van der Waals surface area contributed by atoms with E-state index in [1.807, 2.05) is 0 Å². The number of fused-ring (bicyclic) bond motifs is 2. The summed E-state index contributed by atoms with van der Waals surface area (Å²) in [5.74, 6) is 0. The maximum absolute atomic E-state index is 2.55. The number of hydrogen-bond donors (Lipinski definition) is 0. The predicted molar refractivity (Wildman–Crippen MR) is 159 cm³/mol. The Labute approximate surface area is 262 Å². The molecule has 0 heterocycles. The first-order valence-corrected chi connectivity index (χ1v) is 16.6. The quantitative estimate of drug-likeness (QED) is 0.367. The van der Waals surface area contributed by atoms with Crippen LogP contribution in [0.5, 0.6) is 0 Å². The smallest absolute Gasteiger partial charge is 1.00 e. The molecule has 3 aliphatic rings. The van der Waals surface area contributed by atoms with Gasteiger partial charge in [-0.3, -0.25) is 0 Å². The second kappa shape index (κ2) is 13.1. The summed E-state index contributed by atoms with van der Waals surface area (Å²) in [6.07, 6.45) is 16.4. The van der Waals surface area contributed by atoms with E-state index in [-0.39, 0.29) is 30.2 Å². The Morgan fingerprint density at radius 2 is 1.45 bits per heavy atom. The standard InChI is InChI=1S/C24H25.C13H10.2ClH.Zr/c1-4-17-11-12-20-19(15-17)16-22-21(20)13-14-24(5-2,6-3)23(22)18-9-7-8-10-18;1-3-7-12(8-4-1)11-13-9-5-2-6-10-13;;;/h7-9,11-15H,4-6,10H2,1-3H3;1-10H;2*1H;/q;;;;+2/p-2. The summed E-state index contributed by atoms with van der Waals surface area (Å²) in [5.41, 5.74) is 10.5. The van der Waals surface area contributed by atoms with Gasteiger partial charge in [0.15, 0.2) is 0 Å². The van der Waals surface area contributed by atoms with Gasteiger partial charge < -0.3 is 24.8 Å². The van der Waals surface area contributed by atoms with Crippen molar-refractivity contribution in [3.63, 3.8) is 0 Å². The third kappa shape index (κ3) is 5.34. The number of aryl methyl sites for hydroxylation is 1. The van der Waals surface area contributed by atoms with Crippen LogP contribution >= 0.6 is 0 Å². The van der Waals surface area contributed by atoms with Crippen molar-refractivity contribution in [2.24, 2.45) is 5.41 Å². The third-order valence-corrected chi connectivity index (χ3v) is 12.5. The van der Waals surface area contributed by atoms with Crippen LogP contribution in [0.3, 0.4) is 0 Å². The first kappa shape index (κ1) is 30.6. The SMILES string of the molecule is CCc1ccc2c(c1)=[C]([Zr+2]=[C](c1ccccc1)c1ccccc1)C1=C(C3=CC=CC3)C(CC)(CC)C=CC=21.[Cl-].[Cl-]. The molecule has 40 heavy (non-hydrogen) atoms. The van der Waals surface area contributed by atoms with Crippen molar-refractivity contribution in [2.45, 2.75) is 46.5 Å². The first-order valence-electron chi connectivity index (χ1n) is 14.1. The van der Waals surface area contributed by atoms with Crippen molar-refractivity contribution in [1.29, 1.82) is 0 Å². The van der Waals surface area contributed by atoms with Crippen molar-refractivity contribution in [2.75, 3.05) is 0 Å². The average Bonchev–Trinajstić information content (AvgIpc) is 3.62. The topological polar surface area (TPSA) is 0 Å². The van der Waals surface area contributed by atoms with Crippen molar-refractivity contribution in [3.8, 4) is 0 Å². The van der Waals surface area contributed by atoms with E-state index in [9.17, 15) is 0 Å². The summed E-state index contributed by atoms with van der Waals surface area (Å²) in [7, 11) is 0. The fraction of sp³-hybridized carbons (Fsp3) is 0.216. The van der Waals surface area contributed by atoms with Gasteiger partial charge in [0.25, 0.3) is 0 Å². The summed E-state index contributed by atoms with van der Waals surface area (Å²) in [4.78, 5) is 0. The second-order valence-electron chi connectivity index (χ2n) is 10.5. The summed E-state index contributed by atoms with van der Waals surface area (Å²) in [5, 5.41) is 2.94. The molecule has 0 saturated carbocycles. The van der Waals surface area contributed by atoms with Gasteiger partial charge in [0, 0.05) is 0 Å².